The molecule has 1 heterocycles. The van der Waals surface area contributed by atoms with E-state index < -0.39 is 0 Å². The lowest BCUT2D eigenvalue weighted by molar-refractivity contribution is -0.123. The minimum atomic E-state index is -0.252. The second kappa shape index (κ2) is 2.30. The number of rotatable bonds is 0. The third-order valence-electron chi connectivity index (χ3n) is 2.15. The van der Waals surface area contributed by atoms with Crippen molar-refractivity contribution in [3.05, 3.63) is 23.3 Å². The molecule has 1 N–H and O–H groups in total. The van der Waals surface area contributed by atoms with Crippen molar-refractivity contribution in [1.82, 2.24) is 5.32 Å². The van der Waals surface area contributed by atoms with E-state index in [1.54, 1.807) is 0 Å². The van der Waals surface area contributed by atoms with Gasteiger partial charge in [-0.05, 0) is 12.3 Å². The van der Waals surface area contributed by atoms with Crippen LogP contribution in [0.2, 0.25) is 0 Å². The van der Waals surface area contributed by atoms with Crippen molar-refractivity contribution in [1.29, 1.82) is 0 Å². The molecule has 1 atom stereocenters. The van der Waals surface area contributed by atoms with Crippen molar-refractivity contribution in [2.45, 2.75) is 13.3 Å². The average Bonchev–Trinajstić information content (AvgIpc) is 2.28. The van der Waals surface area contributed by atoms with Crippen LogP contribution >= 0.6 is 0 Å². The monoisotopic (exact) mass is 163 g/mol. The van der Waals surface area contributed by atoms with Gasteiger partial charge in [0.05, 0.1) is 0 Å². The maximum atomic E-state index is 11.1. The lowest BCUT2D eigenvalue weighted by atomic mass is 9.93. The van der Waals surface area contributed by atoms with Crippen LogP contribution in [0.4, 0.5) is 0 Å². The maximum Gasteiger partial charge on any atom is 0.258 e. The van der Waals surface area contributed by atoms with Gasteiger partial charge in [-0.25, -0.2) is 0 Å². The molecule has 0 aromatic heterocycles. The Morgan fingerprint density at radius 1 is 1.33 bits per heavy atom. The number of imide groups is 1. The van der Waals surface area contributed by atoms with Crippen molar-refractivity contribution < 1.29 is 9.59 Å². The lowest BCUT2D eigenvalue weighted by Crippen LogP contribution is -2.19. The van der Waals surface area contributed by atoms with Gasteiger partial charge in [-0.15, -0.1) is 0 Å². The number of amides is 2. The summed E-state index contributed by atoms with van der Waals surface area (Å²) in [4.78, 5) is 22.2. The number of fused-ring (bicyclic) bond motifs is 1. The molecule has 1 unspecified atom stereocenters. The fourth-order valence-corrected chi connectivity index (χ4v) is 1.51. The van der Waals surface area contributed by atoms with E-state index in [9.17, 15) is 9.59 Å². The van der Waals surface area contributed by atoms with Gasteiger partial charge >= 0.3 is 0 Å². The van der Waals surface area contributed by atoms with Crippen LogP contribution in [0.3, 0.4) is 0 Å². The molecule has 0 aromatic rings. The SMILES string of the molecule is CC1C=C2C(=O)NC(=O)C2=CC1. The van der Waals surface area contributed by atoms with E-state index in [0.717, 1.165) is 6.42 Å². The highest BCUT2D eigenvalue weighted by atomic mass is 16.2. The average molecular weight is 163 g/mol. The molecule has 12 heavy (non-hydrogen) atoms. The van der Waals surface area contributed by atoms with Crippen LogP contribution in [0, 0.1) is 5.92 Å². The Balaban J connectivity index is 2.46. The topological polar surface area (TPSA) is 46.2 Å². The number of allylic oxidation sites excluding steroid dienone is 2. The lowest BCUT2D eigenvalue weighted by Gasteiger charge is -2.09. The zero-order valence-electron chi connectivity index (χ0n) is 6.76. The maximum absolute atomic E-state index is 11.1. The summed E-state index contributed by atoms with van der Waals surface area (Å²) in [6.45, 7) is 2.02. The zero-order valence-corrected chi connectivity index (χ0v) is 6.76. The van der Waals surface area contributed by atoms with Crippen molar-refractivity contribution >= 4 is 11.8 Å². The van der Waals surface area contributed by atoms with Crippen LogP contribution in [-0.4, -0.2) is 11.8 Å². The molecule has 0 spiro atoms. The summed E-state index contributed by atoms with van der Waals surface area (Å²) in [5.74, 6) is -0.142. The molecule has 0 saturated carbocycles. The molecule has 2 rings (SSSR count). The van der Waals surface area contributed by atoms with E-state index in [2.05, 4.69) is 5.32 Å². The van der Waals surface area contributed by atoms with Crippen molar-refractivity contribution in [3.8, 4) is 0 Å². The van der Waals surface area contributed by atoms with Gasteiger partial charge in [0, 0.05) is 11.1 Å². The van der Waals surface area contributed by atoms with E-state index in [1.807, 2.05) is 19.1 Å². The first-order valence-electron chi connectivity index (χ1n) is 3.96. The second-order valence-electron chi connectivity index (χ2n) is 3.19. The summed E-state index contributed by atoms with van der Waals surface area (Å²) < 4.78 is 0. The number of carbonyl (C=O) groups excluding carboxylic acids is 2. The van der Waals surface area contributed by atoms with E-state index in [-0.39, 0.29) is 11.8 Å². The number of hydrogen-bond acceptors (Lipinski definition) is 2. The first kappa shape index (κ1) is 7.28. The molecule has 1 saturated heterocycles. The summed E-state index contributed by atoms with van der Waals surface area (Å²) in [6.07, 6.45) is 4.54. The molecular weight excluding hydrogens is 154 g/mol. The Morgan fingerprint density at radius 2 is 2.00 bits per heavy atom. The number of carbonyl (C=O) groups is 2. The highest BCUT2D eigenvalue weighted by molar-refractivity contribution is 6.24. The Bertz CT molecular complexity index is 325. The highest BCUT2D eigenvalue weighted by Gasteiger charge is 2.31. The summed E-state index contributed by atoms with van der Waals surface area (Å²) in [5.41, 5.74) is 1.11. The zero-order chi connectivity index (χ0) is 8.72. The Hall–Kier alpha value is -1.38. The molecule has 62 valence electrons. The summed E-state index contributed by atoms with van der Waals surface area (Å²) in [7, 11) is 0. The predicted octanol–water partition coefficient (Wildman–Crippen LogP) is 0.535. The van der Waals surface area contributed by atoms with Crippen LogP contribution in [0.15, 0.2) is 23.3 Å². The minimum Gasteiger partial charge on any atom is -0.288 e. The summed E-state index contributed by atoms with van der Waals surface area (Å²) in [6, 6.07) is 0. The molecule has 0 radical (unpaired) electrons. The van der Waals surface area contributed by atoms with Crippen molar-refractivity contribution in [2.75, 3.05) is 0 Å². The second-order valence-corrected chi connectivity index (χ2v) is 3.19. The first-order valence-corrected chi connectivity index (χ1v) is 3.96. The van der Waals surface area contributed by atoms with Gasteiger partial charge in [0.25, 0.3) is 11.8 Å². The van der Waals surface area contributed by atoms with Gasteiger partial charge in [-0.3, -0.25) is 14.9 Å². The van der Waals surface area contributed by atoms with Crippen LogP contribution < -0.4 is 5.32 Å². The van der Waals surface area contributed by atoms with Gasteiger partial charge < -0.3 is 0 Å². The normalized spacial score (nSPS) is 27.6. The fraction of sp³-hybridized carbons (Fsp3) is 0.333. The van der Waals surface area contributed by atoms with Crippen molar-refractivity contribution in [2.24, 2.45) is 5.92 Å². The Labute approximate surface area is 70.1 Å². The van der Waals surface area contributed by atoms with E-state index >= 15 is 0 Å². The number of nitrogens with one attached hydrogen (secondary N) is 1. The predicted molar refractivity (Wildman–Crippen MR) is 43.1 cm³/mol. The molecule has 1 aliphatic heterocycles. The molecule has 3 heteroatoms. The molecular formula is C9H9NO2. The minimum absolute atomic E-state index is 0.252. The third-order valence-corrected chi connectivity index (χ3v) is 2.15. The van der Waals surface area contributed by atoms with Crippen LogP contribution in [0.25, 0.3) is 0 Å². The van der Waals surface area contributed by atoms with Gasteiger partial charge in [0.15, 0.2) is 0 Å². The third kappa shape index (κ3) is 0.897. The first-order chi connectivity index (χ1) is 5.68. The Morgan fingerprint density at radius 3 is 2.75 bits per heavy atom. The van der Waals surface area contributed by atoms with Gasteiger partial charge in [-0.2, -0.15) is 0 Å². The Kier molecular flexibility index (Phi) is 1.40. The van der Waals surface area contributed by atoms with Crippen molar-refractivity contribution in [3.63, 3.8) is 0 Å². The van der Waals surface area contributed by atoms with Gasteiger partial charge in [-0.1, -0.05) is 19.1 Å². The molecule has 1 aliphatic carbocycles. The molecule has 2 aliphatic rings. The van der Waals surface area contributed by atoms with Gasteiger partial charge in [0.2, 0.25) is 0 Å². The van der Waals surface area contributed by atoms with Crippen LogP contribution in [-0.2, 0) is 9.59 Å². The highest BCUT2D eigenvalue weighted by Crippen LogP contribution is 2.26. The van der Waals surface area contributed by atoms with E-state index in [1.165, 1.54) is 0 Å². The van der Waals surface area contributed by atoms with Crippen LogP contribution in [0.1, 0.15) is 13.3 Å². The van der Waals surface area contributed by atoms with Crippen LogP contribution in [0.5, 0.6) is 0 Å². The summed E-state index contributed by atoms with van der Waals surface area (Å²) >= 11 is 0. The smallest absolute Gasteiger partial charge is 0.258 e. The molecule has 2 amide bonds. The molecule has 0 aromatic carbocycles. The molecule has 1 fully saturated rings. The quantitative estimate of drug-likeness (QED) is 0.529. The fourth-order valence-electron chi connectivity index (χ4n) is 1.51. The van der Waals surface area contributed by atoms with E-state index in [0.29, 0.717) is 17.1 Å². The largest absolute Gasteiger partial charge is 0.288 e. The standard InChI is InChI=1S/C9H9NO2/c1-5-2-3-6-7(4-5)9(12)10-8(6)11/h3-5H,2H2,1H3,(H,10,11,12). The molecule has 3 nitrogen and oxygen atoms in total. The van der Waals surface area contributed by atoms with E-state index in [4.69, 9.17) is 0 Å². The summed E-state index contributed by atoms with van der Waals surface area (Å²) in [5, 5.41) is 2.26. The number of hydrogen-bond donors (Lipinski definition) is 1. The molecule has 0 bridgehead atoms. The van der Waals surface area contributed by atoms with Gasteiger partial charge in [0.1, 0.15) is 0 Å².